The van der Waals surface area contributed by atoms with Crippen LogP contribution in [0.25, 0.3) is 0 Å². The molecule has 1 aliphatic rings. The van der Waals surface area contributed by atoms with Crippen LogP contribution in [0.2, 0.25) is 0 Å². The lowest BCUT2D eigenvalue weighted by molar-refractivity contribution is -0.152. The Morgan fingerprint density at radius 3 is 2.00 bits per heavy atom. The number of rotatable bonds is 5. The molecule has 0 atom stereocenters. The van der Waals surface area contributed by atoms with Crippen LogP contribution in [-0.2, 0) is 14.4 Å². The monoisotopic (exact) mass is 240 g/mol. The van der Waals surface area contributed by atoms with Crippen molar-refractivity contribution in [1.82, 2.24) is 0 Å². The quantitative estimate of drug-likeness (QED) is 0.454. The molecule has 0 bridgehead atoms. The van der Waals surface area contributed by atoms with Crippen LogP contribution in [0.3, 0.4) is 0 Å². The molecule has 0 saturated heterocycles. The molecule has 6 heteroatoms. The highest BCUT2D eigenvalue weighted by atomic mass is 16.4. The molecular formula is C11H12O6. The molecule has 0 fully saturated rings. The van der Waals surface area contributed by atoms with Crippen LogP contribution in [0.5, 0.6) is 0 Å². The molecule has 17 heavy (non-hydrogen) atoms. The molecule has 3 N–H and O–H groups in total. The maximum absolute atomic E-state index is 11.1. The van der Waals surface area contributed by atoms with Gasteiger partial charge in [-0.15, -0.1) is 0 Å². The molecule has 0 heterocycles. The molecule has 0 spiro atoms. The van der Waals surface area contributed by atoms with Gasteiger partial charge in [0.2, 0.25) is 5.78 Å². The predicted octanol–water partition coefficient (Wildman–Crippen LogP) is -0.164. The van der Waals surface area contributed by atoms with Gasteiger partial charge in [-0.05, 0) is 0 Å². The van der Waals surface area contributed by atoms with Crippen molar-refractivity contribution in [2.24, 2.45) is 11.3 Å². The number of hydrogen-bond acceptors (Lipinski definition) is 4. The van der Waals surface area contributed by atoms with Crippen LogP contribution in [0, 0.1) is 11.3 Å². The molecule has 0 saturated carbocycles. The number of carboxylic acid groups (broad SMARTS) is 2. The smallest absolute Gasteiger partial charge is 0.372 e. The van der Waals surface area contributed by atoms with Crippen molar-refractivity contribution < 1.29 is 29.7 Å². The number of aliphatic hydroxyl groups excluding tert-OH is 1. The summed E-state index contributed by atoms with van der Waals surface area (Å²) in [4.78, 5) is 32.6. The average Bonchev–Trinajstić information content (AvgIpc) is 2.29. The first kappa shape index (κ1) is 13.1. The molecule has 1 aliphatic carbocycles. The van der Waals surface area contributed by atoms with E-state index in [0.29, 0.717) is 0 Å². The summed E-state index contributed by atoms with van der Waals surface area (Å²) < 4.78 is 0. The molecule has 6 nitrogen and oxygen atoms in total. The van der Waals surface area contributed by atoms with E-state index >= 15 is 0 Å². The SMILES string of the molecule is O=C(O)C(=O)CC1(C(=O)O)C=CC(CO)C=C1. The fourth-order valence-electron chi connectivity index (χ4n) is 1.51. The molecule has 0 unspecified atom stereocenters. The summed E-state index contributed by atoms with van der Waals surface area (Å²) in [5.74, 6) is -4.42. The number of aliphatic carboxylic acids is 2. The second-order valence-corrected chi connectivity index (χ2v) is 3.82. The summed E-state index contributed by atoms with van der Waals surface area (Å²) in [6, 6.07) is 0. The highest BCUT2D eigenvalue weighted by Crippen LogP contribution is 2.31. The first-order valence-corrected chi connectivity index (χ1v) is 4.90. The summed E-state index contributed by atoms with van der Waals surface area (Å²) in [5, 5.41) is 26.4. The van der Waals surface area contributed by atoms with Crippen molar-refractivity contribution in [2.45, 2.75) is 6.42 Å². The zero-order valence-corrected chi connectivity index (χ0v) is 8.87. The highest BCUT2D eigenvalue weighted by Gasteiger charge is 2.39. The lowest BCUT2D eigenvalue weighted by Crippen LogP contribution is -2.33. The molecule has 0 aromatic heterocycles. The van der Waals surface area contributed by atoms with Crippen molar-refractivity contribution in [3.8, 4) is 0 Å². The maximum atomic E-state index is 11.1. The number of carbonyl (C=O) groups is 3. The predicted molar refractivity (Wildman–Crippen MR) is 56.2 cm³/mol. The van der Waals surface area contributed by atoms with Gasteiger partial charge in [-0.2, -0.15) is 0 Å². The third-order valence-electron chi connectivity index (χ3n) is 2.58. The van der Waals surface area contributed by atoms with E-state index in [1.54, 1.807) is 0 Å². The third-order valence-corrected chi connectivity index (χ3v) is 2.58. The first-order chi connectivity index (χ1) is 7.91. The Labute approximate surface area is 96.9 Å². The lowest BCUT2D eigenvalue weighted by Gasteiger charge is -2.25. The zero-order valence-electron chi connectivity index (χ0n) is 8.87. The van der Waals surface area contributed by atoms with Gasteiger partial charge in [-0.1, -0.05) is 24.3 Å². The van der Waals surface area contributed by atoms with Crippen LogP contribution in [-0.4, -0.2) is 39.6 Å². The van der Waals surface area contributed by atoms with Crippen LogP contribution < -0.4 is 0 Å². The van der Waals surface area contributed by atoms with E-state index in [4.69, 9.17) is 15.3 Å². The second kappa shape index (κ2) is 4.92. The molecule has 0 amide bonds. The fourth-order valence-corrected chi connectivity index (χ4v) is 1.51. The Hall–Kier alpha value is -1.95. The zero-order chi connectivity index (χ0) is 13.1. The summed E-state index contributed by atoms with van der Waals surface area (Å²) in [6.45, 7) is -0.171. The Kier molecular flexibility index (Phi) is 3.80. The Balaban J connectivity index is 2.94. The van der Waals surface area contributed by atoms with Gasteiger partial charge in [0, 0.05) is 12.3 Å². The van der Waals surface area contributed by atoms with Gasteiger partial charge in [-0.25, -0.2) is 4.79 Å². The minimum Gasteiger partial charge on any atom is -0.480 e. The molecule has 0 aliphatic heterocycles. The van der Waals surface area contributed by atoms with Gasteiger partial charge >= 0.3 is 11.9 Å². The Morgan fingerprint density at radius 2 is 1.65 bits per heavy atom. The highest BCUT2D eigenvalue weighted by molar-refractivity contribution is 6.33. The number of ketones is 1. The topological polar surface area (TPSA) is 112 Å². The molecule has 0 radical (unpaired) electrons. The minimum absolute atomic E-state index is 0.171. The largest absolute Gasteiger partial charge is 0.480 e. The Bertz CT molecular complexity index is 392. The Morgan fingerprint density at radius 1 is 1.12 bits per heavy atom. The third kappa shape index (κ3) is 2.79. The second-order valence-electron chi connectivity index (χ2n) is 3.82. The van der Waals surface area contributed by atoms with E-state index in [1.165, 1.54) is 24.3 Å². The minimum atomic E-state index is -1.66. The van der Waals surface area contributed by atoms with Crippen molar-refractivity contribution in [3.05, 3.63) is 24.3 Å². The van der Waals surface area contributed by atoms with E-state index in [-0.39, 0.29) is 12.5 Å². The van der Waals surface area contributed by atoms with Crippen molar-refractivity contribution >= 4 is 17.7 Å². The number of hydrogen-bond donors (Lipinski definition) is 3. The van der Waals surface area contributed by atoms with Gasteiger partial charge in [-0.3, -0.25) is 9.59 Å². The number of Topliss-reactive ketones (excluding diaryl/α,β-unsaturated/α-hetero) is 1. The summed E-state index contributed by atoms with van der Waals surface area (Å²) in [5.41, 5.74) is -1.62. The van der Waals surface area contributed by atoms with E-state index in [9.17, 15) is 14.4 Å². The summed E-state index contributed by atoms with van der Waals surface area (Å²) in [6.07, 6.45) is 4.75. The van der Waals surface area contributed by atoms with Crippen LogP contribution in [0.1, 0.15) is 6.42 Å². The molecule has 92 valence electrons. The fraction of sp³-hybridized carbons (Fsp3) is 0.364. The van der Waals surface area contributed by atoms with Crippen molar-refractivity contribution in [2.75, 3.05) is 6.61 Å². The maximum Gasteiger partial charge on any atom is 0.372 e. The van der Waals surface area contributed by atoms with Gasteiger partial charge in [0.15, 0.2) is 0 Å². The number of carboxylic acids is 2. The standard InChI is InChI=1S/C11H12O6/c12-6-7-1-3-11(4-2-7,10(16)17)5-8(13)9(14)15/h1-4,7,12H,5-6H2,(H,14,15)(H,16,17). The van der Waals surface area contributed by atoms with E-state index < -0.39 is 29.6 Å². The van der Waals surface area contributed by atoms with E-state index in [2.05, 4.69) is 0 Å². The van der Waals surface area contributed by atoms with Crippen LogP contribution >= 0.6 is 0 Å². The van der Waals surface area contributed by atoms with E-state index in [0.717, 1.165) is 0 Å². The first-order valence-electron chi connectivity index (χ1n) is 4.90. The number of aliphatic hydroxyl groups is 1. The molecule has 0 aromatic carbocycles. The normalized spacial score (nSPS) is 26.8. The van der Waals surface area contributed by atoms with Gasteiger partial charge in [0.1, 0.15) is 5.41 Å². The van der Waals surface area contributed by atoms with Crippen LogP contribution in [0.15, 0.2) is 24.3 Å². The molecule has 1 rings (SSSR count). The summed E-state index contributed by atoms with van der Waals surface area (Å²) in [7, 11) is 0. The van der Waals surface area contributed by atoms with Gasteiger partial charge in [0.25, 0.3) is 0 Å². The number of carbonyl (C=O) groups excluding carboxylic acids is 1. The van der Waals surface area contributed by atoms with Crippen molar-refractivity contribution in [1.29, 1.82) is 0 Å². The van der Waals surface area contributed by atoms with E-state index in [1.807, 2.05) is 0 Å². The molecular weight excluding hydrogens is 228 g/mol. The van der Waals surface area contributed by atoms with Gasteiger partial charge in [0.05, 0.1) is 6.61 Å². The van der Waals surface area contributed by atoms with Crippen molar-refractivity contribution in [3.63, 3.8) is 0 Å². The lowest BCUT2D eigenvalue weighted by atomic mass is 9.78. The molecule has 0 aromatic rings. The van der Waals surface area contributed by atoms with Crippen LogP contribution in [0.4, 0.5) is 0 Å². The summed E-state index contributed by atoms with van der Waals surface area (Å²) >= 11 is 0. The average molecular weight is 240 g/mol. The van der Waals surface area contributed by atoms with Gasteiger partial charge < -0.3 is 15.3 Å².